The molecular formula is C12H17NO. The van der Waals surface area contributed by atoms with Gasteiger partial charge >= 0.3 is 0 Å². The summed E-state index contributed by atoms with van der Waals surface area (Å²) in [6.07, 6.45) is -0.373. The van der Waals surface area contributed by atoms with E-state index in [-0.39, 0.29) is 6.10 Å². The van der Waals surface area contributed by atoms with Gasteiger partial charge in [0.15, 0.2) is 0 Å². The van der Waals surface area contributed by atoms with Crippen LogP contribution in [-0.4, -0.2) is 18.2 Å². The van der Waals surface area contributed by atoms with Crippen LogP contribution in [0.5, 0.6) is 0 Å². The zero-order valence-electron chi connectivity index (χ0n) is 8.77. The molecule has 1 aliphatic rings. The maximum absolute atomic E-state index is 9.61. The summed E-state index contributed by atoms with van der Waals surface area (Å²) >= 11 is 0. The molecule has 0 amide bonds. The lowest BCUT2D eigenvalue weighted by atomic mass is 9.98. The van der Waals surface area contributed by atoms with Crippen molar-refractivity contribution in [2.75, 3.05) is 18.0 Å². The smallest absolute Gasteiger partial charge is 0.0781 e. The summed E-state index contributed by atoms with van der Waals surface area (Å²) in [4.78, 5) is 2.33. The topological polar surface area (TPSA) is 23.5 Å². The fraction of sp³-hybridized carbons (Fsp3) is 0.500. The average molecular weight is 191 g/mol. The van der Waals surface area contributed by atoms with Crippen molar-refractivity contribution in [1.29, 1.82) is 0 Å². The Morgan fingerprint density at radius 2 is 2.00 bits per heavy atom. The molecule has 0 aliphatic carbocycles. The first kappa shape index (κ1) is 9.53. The molecule has 2 nitrogen and oxygen atoms in total. The Hall–Kier alpha value is -1.02. The Balaban J connectivity index is 2.24. The lowest BCUT2D eigenvalue weighted by Crippen LogP contribution is -2.45. The van der Waals surface area contributed by atoms with Crippen molar-refractivity contribution in [2.24, 2.45) is 5.92 Å². The van der Waals surface area contributed by atoms with Gasteiger partial charge in [-0.3, -0.25) is 0 Å². The van der Waals surface area contributed by atoms with Gasteiger partial charge < -0.3 is 10.0 Å². The molecule has 14 heavy (non-hydrogen) atoms. The van der Waals surface area contributed by atoms with Crippen molar-refractivity contribution in [3.05, 3.63) is 29.8 Å². The second kappa shape index (κ2) is 3.62. The zero-order chi connectivity index (χ0) is 10.1. The first-order chi connectivity index (χ1) is 6.68. The van der Waals surface area contributed by atoms with Gasteiger partial charge in [0, 0.05) is 24.3 Å². The Morgan fingerprint density at radius 3 is 2.57 bits per heavy atom. The van der Waals surface area contributed by atoms with Crippen molar-refractivity contribution in [1.82, 2.24) is 0 Å². The summed E-state index contributed by atoms with van der Waals surface area (Å²) < 4.78 is 0. The molecular weight excluding hydrogens is 174 g/mol. The van der Waals surface area contributed by atoms with E-state index in [4.69, 9.17) is 0 Å². The van der Waals surface area contributed by atoms with E-state index in [1.165, 1.54) is 5.69 Å². The van der Waals surface area contributed by atoms with Crippen molar-refractivity contribution in [3.63, 3.8) is 0 Å². The van der Waals surface area contributed by atoms with E-state index in [0.717, 1.165) is 24.6 Å². The van der Waals surface area contributed by atoms with Gasteiger partial charge in [0.1, 0.15) is 0 Å². The lowest BCUT2D eigenvalue weighted by Gasteiger charge is -2.40. The normalized spacial score (nSPS) is 19.2. The first-order valence-corrected chi connectivity index (χ1v) is 5.20. The Labute approximate surface area is 85.2 Å². The number of hydrogen-bond acceptors (Lipinski definition) is 2. The summed E-state index contributed by atoms with van der Waals surface area (Å²) in [6, 6.07) is 8.11. The Bertz CT molecular complexity index is 316. The van der Waals surface area contributed by atoms with Gasteiger partial charge in [-0.2, -0.15) is 0 Å². The maximum Gasteiger partial charge on any atom is 0.0781 e. The largest absolute Gasteiger partial charge is 0.389 e. The van der Waals surface area contributed by atoms with E-state index in [2.05, 4.69) is 17.9 Å². The number of aliphatic hydroxyl groups is 1. The summed E-state index contributed by atoms with van der Waals surface area (Å²) in [5.74, 6) is 0.789. The SMILES string of the molecule is CC1CN(c2ccccc2C(C)O)C1. The molecule has 1 atom stereocenters. The molecule has 1 unspecified atom stereocenters. The molecule has 0 bridgehead atoms. The molecule has 1 aliphatic heterocycles. The minimum atomic E-state index is -0.373. The Kier molecular flexibility index (Phi) is 2.46. The van der Waals surface area contributed by atoms with Gasteiger partial charge in [-0.1, -0.05) is 25.1 Å². The number of benzene rings is 1. The van der Waals surface area contributed by atoms with Crippen LogP contribution in [0.4, 0.5) is 5.69 Å². The second-order valence-corrected chi connectivity index (χ2v) is 4.24. The third kappa shape index (κ3) is 1.62. The number of nitrogens with zero attached hydrogens (tertiary/aromatic N) is 1. The highest BCUT2D eigenvalue weighted by Crippen LogP contribution is 2.30. The van der Waals surface area contributed by atoms with Crippen LogP contribution in [0.15, 0.2) is 24.3 Å². The third-order valence-electron chi connectivity index (χ3n) is 2.79. The summed E-state index contributed by atoms with van der Waals surface area (Å²) in [6.45, 7) is 6.30. The van der Waals surface area contributed by atoms with E-state index in [0.29, 0.717) is 0 Å². The summed E-state index contributed by atoms with van der Waals surface area (Å²) in [5, 5.41) is 9.61. The van der Waals surface area contributed by atoms with E-state index in [1.54, 1.807) is 0 Å². The molecule has 1 fully saturated rings. The molecule has 1 aromatic rings. The molecule has 0 saturated carbocycles. The predicted molar refractivity (Wildman–Crippen MR) is 58.5 cm³/mol. The Morgan fingerprint density at radius 1 is 1.36 bits per heavy atom. The molecule has 1 heterocycles. The van der Waals surface area contributed by atoms with Gasteiger partial charge in [0.05, 0.1) is 6.10 Å². The summed E-state index contributed by atoms with van der Waals surface area (Å²) in [5.41, 5.74) is 2.24. The lowest BCUT2D eigenvalue weighted by molar-refractivity contribution is 0.199. The van der Waals surface area contributed by atoms with E-state index >= 15 is 0 Å². The van der Waals surface area contributed by atoms with E-state index < -0.39 is 0 Å². The highest BCUT2D eigenvalue weighted by molar-refractivity contribution is 5.56. The van der Waals surface area contributed by atoms with E-state index in [9.17, 15) is 5.11 Å². The second-order valence-electron chi connectivity index (χ2n) is 4.24. The number of para-hydroxylation sites is 1. The van der Waals surface area contributed by atoms with Crippen LogP contribution in [-0.2, 0) is 0 Å². The quantitative estimate of drug-likeness (QED) is 0.774. The molecule has 1 aromatic carbocycles. The molecule has 2 rings (SSSR count). The minimum Gasteiger partial charge on any atom is -0.389 e. The monoisotopic (exact) mass is 191 g/mol. The van der Waals surface area contributed by atoms with Crippen LogP contribution >= 0.6 is 0 Å². The predicted octanol–water partition coefficient (Wildman–Crippen LogP) is 2.20. The van der Waals surface area contributed by atoms with Gasteiger partial charge in [0.25, 0.3) is 0 Å². The highest BCUT2D eigenvalue weighted by Gasteiger charge is 2.24. The number of anilines is 1. The first-order valence-electron chi connectivity index (χ1n) is 5.20. The molecule has 0 spiro atoms. The van der Waals surface area contributed by atoms with Gasteiger partial charge in [-0.05, 0) is 18.9 Å². The van der Waals surface area contributed by atoms with Crippen molar-refractivity contribution in [2.45, 2.75) is 20.0 Å². The molecule has 76 valence electrons. The van der Waals surface area contributed by atoms with Gasteiger partial charge in [-0.25, -0.2) is 0 Å². The number of aliphatic hydroxyl groups excluding tert-OH is 1. The van der Waals surface area contributed by atoms with Gasteiger partial charge in [0.2, 0.25) is 0 Å². The van der Waals surface area contributed by atoms with Crippen molar-refractivity contribution < 1.29 is 5.11 Å². The minimum absolute atomic E-state index is 0.373. The van der Waals surface area contributed by atoms with E-state index in [1.807, 2.05) is 25.1 Å². The zero-order valence-corrected chi connectivity index (χ0v) is 8.77. The number of hydrogen-bond donors (Lipinski definition) is 1. The fourth-order valence-corrected chi connectivity index (χ4v) is 2.02. The van der Waals surface area contributed by atoms with Crippen molar-refractivity contribution >= 4 is 5.69 Å². The van der Waals surface area contributed by atoms with Crippen LogP contribution in [0, 0.1) is 5.92 Å². The molecule has 1 saturated heterocycles. The molecule has 0 aromatic heterocycles. The summed E-state index contributed by atoms with van der Waals surface area (Å²) in [7, 11) is 0. The fourth-order valence-electron chi connectivity index (χ4n) is 2.02. The maximum atomic E-state index is 9.61. The molecule has 0 radical (unpaired) electrons. The van der Waals surface area contributed by atoms with Crippen molar-refractivity contribution in [3.8, 4) is 0 Å². The standard InChI is InChI=1S/C12H17NO/c1-9-7-13(8-9)12-6-4-3-5-11(12)10(2)14/h3-6,9-10,14H,7-8H2,1-2H3. The van der Waals surface area contributed by atoms with Crippen LogP contribution in [0.25, 0.3) is 0 Å². The van der Waals surface area contributed by atoms with Crippen LogP contribution in [0.1, 0.15) is 25.5 Å². The molecule has 1 N–H and O–H groups in total. The highest BCUT2D eigenvalue weighted by atomic mass is 16.3. The van der Waals surface area contributed by atoms with Crippen LogP contribution in [0.2, 0.25) is 0 Å². The molecule has 2 heteroatoms. The van der Waals surface area contributed by atoms with Crippen LogP contribution in [0.3, 0.4) is 0 Å². The average Bonchev–Trinajstić information content (AvgIpc) is 2.13. The number of rotatable bonds is 2. The van der Waals surface area contributed by atoms with Gasteiger partial charge in [-0.15, -0.1) is 0 Å². The van der Waals surface area contributed by atoms with Crippen LogP contribution < -0.4 is 4.90 Å². The third-order valence-corrected chi connectivity index (χ3v) is 2.79.